The van der Waals surface area contributed by atoms with E-state index < -0.39 is 0 Å². The van der Waals surface area contributed by atoms with Crippen molar-refractivity contribution in [2.45, 2.75) is 44.9 Å². The maximum atomic E-state index is 12.5. The Bertz CT molecular complexity index is 823. The molecule has 1 aliphatic rings. The molecule has 0 radical (unpaired) electrons. The molecule has 0 N–H and O–H groups in total. The lowest BCUT2D eigenvalue weighted by atomic mass is 10.1. The van der Waals surface area contributed by atoms with Crippen LogP contribution >= 0.6 is 12.2 Å². The highest BCUT2D eigenvalue weighted by molar-refractivity contribution is 7.80. The van der Waals surface area contributed by atoms with Gasteiger partial charge in [0.15, 0.2) is 5.11 Å². The lowest BCUT2D eigenvalue weighted by molar-refractivity contribution is -0.127. The lowest BCUT2D eigenvalue weighted by Gasteiger charge is -2.19. The molecule has 0 aromatic heterocycles. The molecule has 1 saturated heterocycles. The fraction of sp³-hybridized carbons (Fsp3) is 0.375. The molecule has 152 valence electrons. The van der Waals surface area contributed by atoms with E-state index in [1.165, 1.54) is 5.56 Å². The molecule has 2 amide bonds. The number of aryl methyl sites for hydroxylation is 2. The van der Waals surface area contributed by atoms with Crippen LogP contribution in [0.15, 0.2) is 60.7 Å². The van der Waals surface area contributed by atoms with Crippen molar-refractivity contribution in [2.24, 2.45) is 0 Å². The number of hydrogen-bond acceptors (Lipinski definition) is 3. The zero-order valence-corrected chi connectivity index (χ0v) is 17.6. The van der Waals surface area contributed by atoms with Gasteiger partial charge in [-0.3, -0.25) is 19.4 Å². The molecule has 0 unspecified atom stereocenters. The van der Waals surface area contributed by atoms with Crippen LogP contribution in [0.5, 0.6) is 0 Å². The molecule has 1 aliphatic heterocycles. The summed E-state index contributed by atoms with van der Waals surface area (Å²) in [7, 11) is 0. The van der Waals surface area contributed by atoms with Crippen LogP contribution in [0.4, 0.5) is 0 Å². The third-order valence-corrected chi connectivity index (χ3v) is 5.72. The SMILES string of the molecule is O=C(CCCCCc1ccccc1)N1CCN(C(=O)CCc2ccccc2)C1=S. The van der Waals surface area contributed by atoms with Gasteiger partial charge in [-0.05, 0) is 49.0 Å². The molecular weight excluding hydrogens is 380 g/mol. The summed E-state index contributed by atoms with van der Waals surface area (Å²) in [4.78, 5) is 28.3. The van der Waals surface area contributed by atoms with Crippen LogP contribution in [0.1, 0.15) is 43.2 Å². The predicted molar refractivity (Wildman–Crippen MR) is 119 cm³/mol. The standard InChI is InChI=1S/C24H28N2O2S/c27-22(15-9-3-8-12-20-10-4-1-5-11-20)25-18-19-26(24(25)29)23(28)17-16-21-13-6-2-7-14-21/h1-2,4-7,10-11,13-14H,3,8-9,12,15-19H2. The molecule has 29 heavy (non-hydrogen) atoms. The van der Waals surface area contributed by atoms with E-state index in [2.05, 4.69) is 24.3 Å². The average molecular weight is 409 g/mol. The molecule has 0 aliphatic carbocycles. The Kier molecular flexibility index (Phi) is 7.94. The van der Waals surface area contributed by atoms with Crippen LogP contribution in [0.2, 0.25) is 0 Å². The van der Waals surface area contributed by atoms with Crippen LogP contribution in [0, 0.1) is 0 Å². The zero-order valence-electron chi connectivity index (χ0n) is 16.8. The molecule has 1 fully saturated rings. The van der Waals surface area contributed by atoms with Crippen LogP contribution in [0.3, 0.4) is 0 Å². The van der Waals surface area contributed by atoms with Gasteiger partial charge in [0.05, 0.1) is 0 Å². The molecular formula is C24H28N2O2S. The van der Waals surface area contributed by atoms with Crippen molar-refractivity contribution in [3.63, 3.8) is 0 Å². The summed E-state index contributed by atoms with van der Waals surface area (Å²) < 4.78 is 0. The summed E-state index contributed by atoms with van der Waals surface area (Å²) in [6.07, 6.45) is 5.57. The minimum Gasteiger partial charge on any atom is -0.287 e. The van der Waals surface area contributed by atoms with Crippen molar-refractivity contribution in [3.05, 3.63) is 71.8 Å². The number of amides is 2. The average Bonchev–Trinajstić information content (AvgIpc) is 3.14. The summed E-state index contributed by atoms with van der Waals surface area (Å²) in [6, 6.07) is 20.4. The summed E-state index contributed by atoms with van der Waals surface area (Å²) in [5.41, 5.74) is 2.47. The molecule has 1 heterocycles. The molecule has 5 heteroatoms. The summed E-state index contributed by atoms with van der Waals surface area (Å²) in [5.74, 6) is 0.0325. The van der Waals surface area contributed by atoms with Crippen LogP contribution in [-0.2, 0) is 22.4 Å². The van der Waals surface area contributed by atoms with Gasteiger partial charge in [0, 0.05) is 25.9 Å². The van der Waals surface area contributed by atoms with Crippen LogP contribution in [0.25, 0.3) is 0 Å². The van der Waals surface area contributed by atoms with E-state index in [9.17, 15) is 9.59 Å². The van der Waals surface area contributed by atoms with E-state index in [1.807, 2.05) is 36.4 Å². The number of rotatable bonds is 9. The first kappa shape index (κ1) is 21.2. The van der Waals surface area contributed by atoms with Crippen molar-refractivity contribution in [1.82, 2.24) is 9.80 Å². The Labute approximate surface area is 178 Å². The van der Waals surface area contributed by atoms with Gasteiger partial charge in [-0.15, -0.1) is 0 Å². The number of benzene rings is 2. The molecule has 0 spiro atoms. The van der Waals surface area contributed by atoms with Crippen molar-refractivity contribution in [2.75, 3.05) is 13.1 Å². The number of hydrogen-bond donors (Lipinski definition) is 0. The molecule has 3 rings (SSSR count). The van der Waals surface area contributed by atoms with E-state index in [4.69, 9.17) is 12.2 Å². The fourth-order valence-electron chi connectivity index (χ4n) is 3.59. The number of nitrogens with zero attached hydrogens (tertiary/aromatic N) is 2. The Hall–Kier alpha value is -2.53. The Morgan fingerprint density at radius 1 is 0.690 bits per heavy atom. The van der Waals surface area contributed by atoms with Crippen LogP contribution < -0.4 is 0 Å². The van der Waals surface area contributed by atoms with E-state index in [0.29, 0.717) is 37.5 Å². The van der Waals surface area contributed by atoms with Gasteiger partial charge < -0.3 is 0 Å². The first-order valence-electron chi connectivity index (χ1n) is 10.4. The smallest absolute Gasteiger partial charge is 0.229 e. The second-order valence-corrected chi connectivity index (χ2v) is 7.77. The lowest BCUT2D eigenvalue weighted by Crippen LogP contribution is -2.38. The molecule has 2 aromatic rings. The van der Waals surface area contributed by atoms with Crippen molar-refractivity contribution >= 4 is 29.1 Å². The molecule has 0 atom stereocenters. The van der Waals surface area contributed by atoms with Crippen molar-refractivity contribution < 1.29 is 9.59 Å². The molecule has 0 saturated carbocycles. The second kappa shape index (κ2) is 10.9. The minimum absolute atomic E-state index is 0.00276. The third-order valence-electron chi connectivity index (χ3n) is 5.28. The highest BCUT2D eigenvalue weighted by Gasteiger charge is 2.32. The number of carbonyl (C=O) groups excluding carboxylic acids is 2. The normalized spacial score (nSPS) is 13.7. The van der Waals surface area contributed by atoms with Gasteiger partial charge >= 0.3 is 0 Å². The first-order valence-corrected chi connectivity index (χ1v) is 10.8. The quantitative estimate of drug-likeness (QED) is 0.457. The number of thiocarbonyl (C=S) groups is 1. The van der Waals surface area contributed by atoms with Gasteiger partial charge in [0.2, 0.25) is 11.8 Å². The number of carbonyl (C=O) groups is 2. The predicted octanol–water partition coefficient (Wildman–Crippen LogP) is 4.38. The Morgan fingerprint density at radius 2 is 1.21 bits per heavy atom. The maximum Gasteiger partial charge on any atom is 0.229 e. The summed E-state index contributed by atoms with van der Waals surface area (Å²) >= 11 is 5.42. The fourth-order valence-corrected chi connectivity index (χ4v) is 3.98. The van der Waals surface area contributed by atoms with Gasteiger partial charge in [0.25, 0.3) is 0 Å². The highest BCUT2D eigenvalue weighted by atomic mass is 32.1. The van der Waals surface area contributed by atoms with Crippen molar-refractivity contribution in [1.29, 1.82) is 0 Å². The molecule has 2 aromatic carbocycles. The summed E-state index contributed by atoms with van der Waals surface area (Å²) in [6.45, 7) is 1.02. The Balaban J connectivity index is 1.37. The van der Waals surface area contributed by atoms with Gasteiger partial charge in [-0.2, -0.15) is 0 Å². The molecule has 0 bridgehead atoms. The zero-order chi connectivity index (χ0) is 20.5. The third kappa shape index (κ3) is 6.23. The van der Waals surface area contributed by atoms with E-state index in [-0.39, 0.29) is 11.8 Å². The Morgan fingerprint density at radius 3 is 1.79 bits per heavy atom. The monoisotopic (exact) mass is 408 g/mol. The van der Waals surface area contributed by atoms with E-state index in [1.54, 1.807) is 9.80 Å². The second-order valence-electron chi connectivity index (χ2n) is 7.41. The first-order chi connectivity index (χ1) is 14.1. The largest absolute Gasteiger partial charge is 0.287 e. The van der Waals surface area contributed by atoms with Gasteiger partial charge in [-0.25, -0.2) is 0 Å². The maximum absolute atomic E-state index is 12.5. The minimum atomic E-state index is -0.00276. The summed E-state index contributed by atoms with van der Waals surface area (Å²) in [5, 5.41) is 0.373. The van der Waals surface area contributed by atoms with E-state index in [0.717, 1.165) is 31.2 Å². The van der Waals surface area contributed by atoms with Gasteiger partial charge in [-0.1, -0.05) is 67.1 Å². The highest BCUT2D eigenvalue weighted by Crippen LogP contribution is 2.16. The van der Waals surface area contributed by atoms with Crippen molar-refractivity contribution in [3.8, 4) is 0 Å². The number of unbranched alkanes of at least 4 members (excludes halogenated alkanes) is 2. The topological polar surface area (TPSA) is 40.6 Å². The van der Waals surface area contributed by atoms with Crippen LogP contribution in [-0.4, -0.2) is 39.8 Å². The molecule has 4 nitrogen and oxygen atoms in total. The van der Waals surface area contributed by atoms with Gasteiger partial charge in [0.1, 0.15) is 0 Å². The van der Waals surface area contributed by atoms with E-state index >= 15 is 0 Å².